The summed E-state index contributed by atoms with van der Waals surface area (Å²) in [5.41, 5.74) is 1.14. The van der Waals surface area contributed by atoms with Crippen molar-refractivity contribution in [1.29, 1.82) is 0 Å². The Morgan fingerprint density at radius 3 is 2.54 bits per heavy atom. The minimum Gasteiger partial charge on any atom is -0.364 e. The highest BCUT2D eigenvalue weighted by atomic mass is 16.5. The lowest BCUT2D eigenvalue weighted by Crippen LogP contribution is -1.89. The van der Waals surface area contributed by atoms with Crippen molar-refractivity contribution in [3.63, 3.8) is 0 Å². The number of hydrogen-bond acceptors (Lipinski definition) is 5. The van der Waals surface area contributed by atoms with E-state index in [0.29, 0.717) is 23.2 Å². The van der Waals surface area contributed by atoms with Crippen LogP contribution in [0.4, 0.5) is 0 Å². The van der Waals surface area contributed by atoms with E-state index in [1.807, 2.05) is 0 Å². The van der Waals surface area contributed by atoms with Crippen LogP contribution < -0.4 is 0 Å². The molecule has 0 saturated heterocycles. The van der Waals surface area contributed by atoms with Gasteiger partial charge in [0, 0.05) is 12.4 Å². The Morgan fingerprint density at radius 1 is 1.23 bits per heavy atom. The van der Waals surface area contributed by atoms with Crippen molar-refractivity contribution < 1.29 is 9.32 Å². The quantitative estimate of drug-likeness (QED) is 0.635. The van der Waals surface area contributed by atoms with Crippen LogP contribution >= 0.6 is 0 Å². The van der Waals surface area contributed by atoms with E-state index >= 15 is 0 Å². The summed E-state index contributed by atoms with van der Waals surface area (Å²) in [4.78, 5) is 18.2. The maximum Gasteiger partial charge on any atom is 0.164 e. The highest BCUT2D eigenvalue weighted by Crippen LogP contribution is 2.11. The molecule has 0 aliphatic rings. The summed E-state index contributed by atoms with van der Waals surface area (Å²) < 4.78 is 4.63. The largest absolute Gasteiger partial charge is 0.364 e. The zero-order valence-corrected chi connectivity index (χ0v) is 6.54. The Bertz CT molecular complexity index is 394. The van der Waals surface area contributed by atoms with Crippen LogP contribution in [0, 0.1) is 0 Å². The lowest BCUT2D eigenvalue weighted by atomic mass is 10.3. The second-order valence-electron chi connectivity index (χ2n) is 2.37. The van der Waals surface area contributed by atoms with Crippen molar-refractivity contribution in [2.75, 3.05) is 0 Å². The van der Waals surface area contributed by atoms with Crippen LogP contribution in [0.1, 0.15) is 10.4 Å². The number of hydrogen-bond donors (Lipinski definition) is 0. The van der Waals surface area contributed by atoms with Crippen molar-refractivity contribution in [3.05, 3.63) is 30.4 Å². The zero-order chi connectivity index (χ0) is 9.10. The molecule has 0 unspecified atom stereocenters. The number of aldehydes is 1. The molecule has 0 bridgehead atoms. The molecular formula is C8H5N3O2. The summed E-state index contributed by atoms with van der Waals surface area (Å²) in [6.45, 7) is 0. The van der Waals surface area contributed by atoms with Gasteiger partial charge in [-0.25, -0.2) is 9.97 Å². The third-order valence-corrected chi connectivity index (χ3v) is 1.50. The summed E-state index contributed by atoms with van der Waals surface area (Å²) in [6.07, 6.45) is 6.54. The average Bonchev–Trinajstić information content (AvgIpc) is 2.71. The maximum atomic E-state index is 10.3. The van der Waals surface area contributed by atoms with Gasteiger partial charge in [0.05, 0.1) is 17.3 Å². The van der Waals surface area contributed by atoms with E-state index in [2.05, 4.69) is 19.6 Å². The van der Waals surface area contributed by atoms with E-state index in [9.17, 15) is 4.79 Å². The second kappa shape index (κ2) is 3.14. The standard InChI is InChI=1S/C8H5N3O2/c12-4-6-1-9-8(10-2-6)7-3-11-13-5-7/h1-5H. The molecule has 64 valence electrons. The summed E-state index contributed by atoms with van der Waals surface area (Å²) in [5.74, 6) is 0.492. The predicted molar refractivity (Wildman–Crippen MR) is 42.9 cm³/mol. The van der Waals surface area contributed by atoms with Crippen LogP contribution in [-0.2, 0) is 0 Å². The molecule has 0 aliphatic carbocycles. The van der Waals surface area contributed by atoms with Gasteiger partial charge < -0.3 is 4.52 Å². The van der Waals surface area contributed by atoms with Gasteiger partial charge in [-0.3, -0.25) is 4.79 Å². The normalized spacial score (nSPS) is 9.85. The van der Waals surface area contributed by atoms with E-state index in [0.717, 1.165) is 0 Å². The first-order valence-electron chi connectivity index (χ1n) is 3.57. The highest BCUT2D eigenvalue weighted by molar-refractivity contribution is 5.73. The predicted octanol–water partition coefficient (Wildman–Crippen LogP) is 0.944. The minimum absolute atomic E-state index is 0.445. The number of aromatic nitrogens is 3. The Balaban J connectivity index is 2.38. The molecule has 0 aromatic carbocycles. The molecule has 0 aliphatic heterocycles. The lowest BCUT2D eigenvalue weighted by molar-refractivity contribution is 0.112. The van der Waals surface area contributed by atoms with Crippen LogP contribution in [0.25, 0.3) is 11.4 Å². The SMILES string of the molecule is O=Cc1cnc(-c2cnoc2)nc1. The van der Waals surface area contributed by atoms with Crippen molar-refractivity contribution in [1.82, 2.24) is 15.1 Å². The molecule has 2 aromatic rings. The Kier molecular flexibility index (Phi) is 1.84. The van der Waals surface area contributed by atoms with Gasteiger partial charge in [-0.05, 0) is 0 Å². The molecule has 0 atom stereocenters. The molecule has 0 radical (unpaired) electrons. The molecule has 0 spiro atoms. The molecule has 0 N–H and O–H groups in total. The minimum atomic E-state index is 0.445. The fourth-order valence-corrected chi connectivity index (χ4v) is 0.863. The third kappa shape index (κ3) is 1.44. The van der Waals surface area contributed by atoms with Gasteiger partial charge in [-0.1, -0.05) is 5.16 Å². The van der Waals surface area contributed by atoms with Gasteiger partial charge in [0.2, 0.25) is 0 Å². The molecule has 0 amide bonds. The summed E-state index contributed by atoms with van der Waals surface area (Å²) in [6, 6.07) is 0. The number of carbonyl (C=O) groups is 1. The second-order valence-corrected chi connectivity index (χ2v) is 2.37. The Hall–Kier alpha value is -2.04. The van der Waals surface area contributed by atoms with Gasteiger partial charge >= 0.3 is 0 Å². The molecule has 2 heterocycles. The van der Waals surface area contributed by atoms with E-state index in [1.54, 1.807) is 0 Å². The first-order chi connectivity index (χ1) is 6.40. The summed E-state index contributed by atoms with van der Waals surface area (Å²) in [5, 5.41) is 3.52. The first kappa shape index (κ1) is 7.60. The van der Waals surface area contributed by atoms with Crippen LogP contribution in [-0.4, -0.2) is 21.4 Å². The smallest absolute Gasteiger partial charge is 0.164 e. The maximum absolute atomic E-state index is 10.3. The van der Waals surface area contributed by atoms with Gasteiger partial charge in [0.1, 0.15) is 6.26 Å². The number of nitrogens with zero attached hydrogens (tertiary/aromatic N) is 3. The highest BCUT2D eigenvalue weighted by Gasteiger charge is 2.02. The molecule has 5 nitrogen and oxygen atoms in total. The van der Waals surface area contributed by atoms with E-state index in [4.69, 9.17) is 0 Å². The van der Waals surface area contributed by atoms with Crippen molar-refractivity contribution in [2.45, 2.75) is 0 Å². The van der Waals surface area contributed by atoms with Gasteiger partial charge in [0.25, 0.3) is 0 Å². The molecule has 2 rings (SSSR count). The molecular weight excluding hydrogens is 170 g/mol. The average molecular weight is 175 g/mol. The molecule has 13 heavy (non-hydrogen) atoms. The third-order valence-electron chi connectivity index (χ3n) is 1.50. The zero-order valence-electron chi connectivity index (χ0n) is 6.54. The molecule has 0 saturated carbocycles. The molecule has 0 fully saturated rings. The van der Waals surface area contributed by atoms with Gasteiger partial charge in [-0.2, -0.15) is 0 Å². The first-order valence-corrected chi connectivity index (χ1v) is 3.57. The van der Waals surface area contributed by atoms with E-state index in [-0.39, 0.29) is 0 Å². The van der Waals surface area contributed by atoms with Crippen LogP contribution in [0.3, 0.4) is 0 Å². The van der Waals surface area contributed by atoms with Crippen molar-refractivity contribution in [2.24, 2.45) is 0 Å². The van der Waals surface area contributed by atoms with Crippen LogP contribution in [0.5, 0.6) is 0 Å². The van der Waals surface area contributed by atoms with Gasteiger partial charge in [-0.15, -0.1) is 0 Å². The summed E-state index contributed by atoms with van der Waals surface area (Å²) >= 11 is 0. The Labute approximate surface area is 73.4 Å². The molecule has 5 heteroatoms. The summed E-state index contributed by atoms with van der Waals surface area (Å²) in [7, 11) is 0. The van der Waals surface area contributed by atoms with E-state index in [1.165, 1.54) is 24.9 Å². The fraction of sp³-hybridized carbons (Fsp3) is 0. The van der Waals surface area contributed by atoms with Gasteiger partial charge in [0.15, 0.2) is 12.1 Å². The molecule has 2 aromatic heterocycles. The lowest BCUT2D eigenvalue weighted by Gasteiger charge is -1.92. The number of rotatable bonds is 2. The van der Waals surface area contributed by atoms with Crippen LogP contribution in [0.15, 0.2) is 29.4 Å². The number of carbonyl (C=O) groups excluding carboxylic acids is 1. The van der Waals surface area contributed by atoms with Crippen molar-refractivity contribution in [3.8, 4) is 11.4 Å². The van der Waals surface area contributed by atoms with Crippen LogP contribution in [0.2, 0.25) is 0 Å². The topological polar surface area (TPSA) is 68.9 Å². The monoisotopic (exact) mass is 175 g/mol. The van der Waals surface area contributed by atoms with Crippen molar-refractivity contribution >= 4 is 6.29 Å². The van der Waals surface area contributed by atoms with E-state index < -0.39 is 0 Å². The fourth-order valence-electron chi connectivity index (χ4n) is 0.863. The Morgan fingerprint density at radius 2 is 2.00 bits per heavy atom.